The van der Waals surface area contributed by atoms with Crippen molar-refractivity contribution in [3.8, 4) is 0 Å². The molecule has 0 bridgehead atoms. The van der Waals surface area contributed by atoms with Gasteiger partial charge in [0, 0.05) is 13.7 Å². The Morgan fingerprint density at radius 1 is 1.56 bits per heavy atom. The van der Waals surface area contributed by atoms with Crippen molar-refractivity contribution >= 4 is 14.2 Å². The average molecular weight is 253 g/mol. The highest BCUT2D eigenvalue weighted by molar-refractivity contribution is 7.33. The van der Waals surface area contributed by atoms with Gasteiger partial charge in [-0.1, -0.05) is 0 Å². The molecule has 8 heteroatoms. The van der Waals surface area contributed by atoms with Crippen LogP contribution in [0.2, 0.25) is 0 Å². The van der Waals surface area contributed by atoms with Crippen molar-refractivity contribution in [2.24, 2.45) is 11.5 Å². The number of nitrogens with two attached hydrogens (primary N) is 2. The third kappa shape index (κ3) is 7.78. The lowest BCUT2D eigenvalue weighted by Gasteiger charge is -2.11. The van der Waals surface area contributed by atoms with Crippen LogP contribution < -0.4 is 16.8 Å². The lowest BCUT2D eigenvalue weighted by molar-refractivity contribution is -0.122. The SMILES string of the molecule is CO[PH](=O)OCCNC(=O)C(N)CCCN. The quantitative estimate of drug-likeness (QED) is 0.366. The lowest BCUT2D eigenvalue weighted by atomic mass is 10.1. The highest BCUT2D eigenvalue weighted by Gasteiger charge is 2.11. The Morgan fingerprint density at radius 3 is 2.81 bits per heavy atom. The zero-order valence-corrected chi connectivity index (χ0v) is 10.4. The first-order chi connectivity index (χ1) is 7.61. The fourth-order valence-corrected chi connectivity index (χ4v) is 1.35. The van der Waals surface area contributed by atoms with Gasteiger partial charge in [-0.05, 0) is 19.4 Å². The van der Waals surface area contributed by atoms with E-state index in [-0.39, 0.29) is 19.1 Å². The maximum Gasteiger partial charge on any atom is 0.318 e. The van der Waals surface area contributed by atoms with E-state index in [0.29, 0.717) is 19.4 Å². The van der Waals surface area contributed by atoms with E-state index in [1.807, 2.05) is 0 Å². The van der Waals surface area contributed by atoms with Gasteiger partial charge < -0.3 is 25.8 Å². The molecular formula is C8H20N3O4P. The number of amides is 1. The van der Waals surface area contributed by atoms with Gasteiger partial charge in [0.15, 0.2) is 0 Å². The first kappa shape index (κ1) is 15.5. The number of nitrogens with one attached hydrogen (secondary N) is 1. The summed E-state index contributed by atoms with van der Waals surface area (Å²) in [4.78, 5) is 11.3. The van der Waals surface area contributed by atoms with Crippen molar-refractivity contribution in [3.63, 3.8) is 0 Å². The van der Waals surface area contributed by atoms with Crippen LogP contribution >= 0.6 is 8.25 Å². The van der Waals surface area contributed by atoms with Gasteiger partial charge in [0.2, 0.25) is 5.91 Å². The van der Waals surface area contributed by atoms with E-state index in [9.17, 15) is 9.36 Å². The van der Waals surface area contributed by atoms with Crippen LogP contribution in [0.15, 0.2) is 0 Å². The molecule has 0 aromatic heterocycles. The van der Waals surface area contributed by atoms with Crippen LogP contribution in [0.4, 0.5) is 0 Å². The van der Waals surface area contributed by atoms with Crippen molar-refractivity contribution < 1.29 is 18.4 Å². The van der Waals surface area contributed by atoms with Gasteiger partial charge in [-0.3, -0.25) is 9.36 Å². The van der Waals surface area contributed by atoms with Gasteiger partial charge in [-0.25, -0.2) is 0 Å². The van der Waals surface area contributed by atoms with Crippen LogP contribution in [-0.2, 0) is 18.4 Å². The molecule has 2 atom stereocenters. The van der Waals surface area contributed by atoms with E-state index < -0.39 is 14.3 Å². The van der Waals surface area contributed by atoms with E-state index in [0.717, 1.165) is 0 Å². The minimum absolute atomic E-state index is 0.140. The van der Waals surface area contributed by atoms with Crippen LogP contribution in [0.3, 0.4) is 0 Å². The first-order valence-corrected chi connectivity index (χ1v) is 6.28. The summed E-state index contributed by atoms with van der Waals surface area (Å²) >= 11 is 0. The largest absolute Gasteiger partial charge is 0.352 e. The van der Waals surface area contributed by atoms with E-state index in [2.05, 4.69) is 9.84 Å². The smallest absolute Gasteiger partial charge is 0.318 e. The summed E-state index contributed by atoms with van der Waals surface area (Å²) in [6, 6.07) is -0.553. The third-order valence-electron chi connectivity index (χ3n) is 1.84. The lowest BCUT2D eigenvalue weighted by Crippen LogP contribution is -2.41. The minimum atomic E-state index is -2.41. The van der Waals surface area contributed by atoms with Crippen LogP contribution in [0.5, 0.6) is 0 Å². The standard InChI is InChI=1S/C8H20N3O4P/c1-14-16(13)15-6-5-11-8(12)7(10)3-2-4-9/h7,16H,2-6,9-10H2,1H3,(H,11,12). The van der Waals surface area contributed by atoms with Crippen molar-refractivity contribution in [1.29, 1.82) is 0 Å². The summed E-state index contributed by atoms with van der Waals surface area (Å²) in [5, 5.41) is 2.56. The molecule has 0 radical (unpaired) electrons. The molecule has 0 aliphatic heterocycles. The first-order valence-electron chi connectivity index (χ1n) is 5.06. The number of hydrogen-bond donors (Lipinski definition) is 3. The molecule has 5 N–H and O–H groups in total. The molecule has 0 fully saturated rings. The maximum atomic E-state index is 11.3. The molecule has 2 unspecified atom stereocenters. The topological polar surface area (TPSA) is 117 Å². The Morgan fingerprint density at radius 2 is 2.25 bits per heavy atom. The van der Waals surface area contributed by atoms with Crippen LogP contribution in [0, 0.1) is 0 Å². The number of carbonyl (C=O) groups excluding carboxylic acids is 1. The molecular weight excluding hydrogens is 233 g/mol. The van der Waals surface area contributed by atoms with Gasteiger partial charge in [-0.2, -0.15) is 0 Å². The molecule has 0 rings (SSSR count). The summed E-state index contributed by atoms with van der Waals surface area (Å²) in [5.41, 5.74) is 10.9. The predicted molar refractivity (Wildman–Crippen MR) is 61.2 cm³/mol. The summed E-state index contributed by atoms with van der Waals surface area (Å²) in [6.45, 7) is 0.913. The molecule has 0 aromatic rings. The second-order valence-corrected chi connectivity index (χ2v) is 4.33. The maximum absolute atomic E-state index is 11.3. The molecule has 96 valence electrons. The van der Waals surface area contributed by atoms with E-state index in [1.54, 1.807) is 0 Å². The third-order valence-corrected chi connectivity index (χ3v) is 2.62. The molecule has 1 amide bonds. The Hall–Kier alpha value is -0.460. The second-order valence-electron chi connectivity index (χ2n) is 3.13. The van der Waals surface area contributed by atoms with E-state index in [1.165, 1.54) is 7.11 Å². The molecule has 0 aliphatic carbocycles. The fourth-order valence-electron chi connectivity index (χ4n) is 0.967. The Kier molecular flexibility index (Phi) is 9.46. The summed E-state index contributed by atoms with van der Waals surface area (Å²) in [7, 11) is -1.12. The number of carbonyl (C=O) groups is 1. The molecule has 16 heavy (non-hydrogen) atoms. The van der Waals surface area contributed by atoms with Crippen LogP contribution in [-0.4, -0.2) is 38.8 Å². The number of hydrogen-bond acceptors (Lipinski definition) is 6. The molecule has 0 spiro atoms. The van der Waals surface area contributed by atoms with Gasteiger partial charge in [0.1, 0.15) is 0 Å². The molecule has 7 nitrogen and oxygen atoms in total. The fraction of sp³-hybridized carbons (Fsp3) is 0.875. The zero-order valence-electron chi connectivity index (χ0n) is 9.40. The van der Waals surface area contributed by atoms with Crippen molar-refractivity contribution in [2.75, 3.05) is 26.8 Å². The minimum Gasteiger partial charge on any atom is -0.352 e. The van der Waals surface area contributed by atoms with Gasteiger partial charge in [-0.15, -0.1) is 0 Å². The van der Waals surface area contributed by atoms with Crippen molar-refractivity contribution in [2.45, 2.75) is 18.9 Å². The Labute approximate surface area is 95.8 Å². The van der Waals surface area contributed by atoms with Crippen molar-refractivity contribution in [3.05, 3.63) is 0 Å². The highest BCUT2D eigenvalue weighted by Crippen LogP contribution is 2.20. The second kappa shape index (κ2) is 9.74. The van der Waals surface area contributed by atoms with Crippen LogP contribution in [0.25, 0.3) is 0 Å². The summed E-state index contributed by atoms with van der Waals surface area (Å²) in [6.07, 6.45) is 1.26. The van der Waals surface area contributed by atoms with Crippen LogP contribution in [0.1, 0.15) is 12.8 Å². The number of rotatable bonds is 9. The average Bonchev–Trinajstić information content (AvgIpc) is 2.30. The zero-order chi connectivity index (χ0) is 12.4. The molecule has 0 saturated carbocycles. The van der Waals surface area contributed by atoms with E-state index >= 15 is 0 Å². The van der Waals surface area contributed by atoms with E-state index in [4.69, 9.17) is 16.0 Å². The molecule has 0 aromatic carbocycles. The normalized spacial score (nSPS) is 14.4. The predicted octanol–water partition coefficient (Wildman–Crippen LogP) is -0.778. The van der Waals surface area contributed by atoms with Crippen molar-refractivity contribution in [1.82, 2.24) is 5.32 Å². The summed E-state index contributed by atoms with van der Waals surface area (Å²) in [5.74, 6) is -0.255. The Bertz CT molecular complexity index is 227. The summed E-state index contributed by atoms with van der Waals surface area (Å²) < 4.78 is 19.9. The van der Waals surface area contributed by atoms with Gasteiger partial charge in [0.25, 0.3) is 0 Å². The highest BCUT2D eigenvalue weighted by atomic mass is 31.1. The Balaban J connectivity index is 3.53. The van der Waals surface area contributed by atoms with Gasteiger partial charge >= 0.3 is 8.25 Å². The molecule has 0 saturated heterocycles. The molecule has 0 heterocycles. The molecule has 0 aliphatic rings. The van der Waals surface area contributed by atoms with Gasteiger partial charge in [0.05, 0.1) is 12.6 Å². The monoisotopic (exact) mass is 253 g/mol.